The highest BCUT2D eigenvalue weighted by Gasteiger charge is 2.45. The topological polar surface area (TPSA) is 48.5 Å². The molecule has 1 spiro atoms. The van der Waals surface area contributed by atoms with Crippen molar-refractivity contribution in [2.45, 2.75) is 43.6 Å². The number of rotatable bonds is 7. The van der Waals surface area contributed by atoms with Crippen LogP contribution in [0.2, 0.25) is 0 Å². The third-order valence-electron chi connectivity index (χ3n) is 6.86. The first-order valence-electron chi connectivity index (χ1n) is 11.2. The largest absolute Gasteiger partial charge is 0.355 e. The van der Waals surface area contributed by atoms with Gasteiger partial charge in [0.25, 0.3) is 0 Å². The van der Waals surface area contributed by atoms with Crippen LogP contribution in [0.15, 0.2) is 48.8 Å². The molecule has 1 saturated heterocycles. The number of carbonyl (C=O) groups is 1. The van der Waals surface area contributed by atoms with Gasteiger partial charge in [-0.2, -0.15) is 0 Å². The number of nitrogens with zero attached hydrogens (tertiary/aromatic N) is 3. The first-order valence-corrected chi connectivity index (χ1v) is 11.2. The highest BCUT2D eigenvalue weighted by atomic mass is 16.1. The van der Waals surface area contributed by atoms with Gasteiger partial charge in [-0.3, -0.25) is 14.7 Å². The minimum atomic E-state index is 0.183. The SMILES string of the molecule is CN(C)CCNC(=O)CC1CC2(CCN(Cc3cccnc3)CC2)c2ccccc21. The Morgan fingerprint density at radius 2 is 2.00 bits per heavy atom. The first-order chi connectivity index (χ1) is 14.6. The number of likely N-dealkylation sites (tertiary alicyclic amines) is 1. The van der Waals surface area contributed by atoms with Crippen molar-refractivity contribution in [2.24, 2.45) is 0 Å². The molecule has 2 heterocycles. The van der Waals surface area contributed by atoms with Crippen LogP contribution in [0.4, 0.5) is 0 Å². The van der Waals surface area contributed by atoms with E-state index in [-0.39, 0.29) is 11.3 Å². The molecule has 1 atom stereocenters. The quantitative estimate of drug-likeness (QED) is 0.767. The molecule has 0 radical (unpaired) electrons. The number of aromatic nitrogens is 1. The number of benzene rings is 1. The highest BCUT2D eigenvalue weighted by Crippen LogP contribution is 2.52. The summed E-state index contributed by atoms with van der Waals surface area (Å²) in [6, 6.07) is 13.0. The van der Waals surface area contributed by atoms with Crippen molar-refractivity contribution in [3.63, 3.8) is 0 Å². The molecule has 1 amide bonds. The van der Waals surface area contributed by atoms with Gasteiger partial charge in [-0.25, -0.2) is 0 Å². The van der Waals surface area contributed by atoms with E-state index in [1.807, 2.05) is 32.6 Å². The Hall–Kier alpha value is -2.24. The monoisotopic (exact) mass is 406 g/mol. The van der Waals surface area contributed by atoms with Gasteiger partial charge in [-0.15, -0.1) is 0 Å². The lowest BCUT2D eigenvalue weighted by Crippen LogP contribution is -2.41. The zero-order valence-corrected chi connectivity index (χ0v) is 18.3. The summed E-state index contributed by atoms with van der Waals surface area (Å²) in [5.74, 6) is 0.521. The predicted octanol–water partition coefficient (Wildman–Crippen LogP) is 3.17. The van der Waals surface area contributed by atoms with Gasteiger partial charge in [0.1, 0.15) is 0 Å². The van der Waals surface area contributed by atoms with Gasteiger partial charge < -0.3 is 10.2 Å². The second-order valence-electron chi connectivity index (χ2n) is 9.26. The normalized spacial score (nSPS) is 20.4. The van der Waals surface area contributed by atoms with Gasteiger partial charge in [0.2, 0.25) is 5.91 Å². The minimum Gasteiger partial charge on any atom is -0.355 e. The molecule has 1 unspecified atom stereocenters. The number of likely N-dealkylation sites (N-methyl/N-ethyl adjacent to an activating group) is 1. The van der Waals surface area contributed by atoms with Crippen LogP contribution in [0.25, 0.3) is 0 Å². The molecule has 1 fully saturated rings. The fraction of sp³-hybridized carbons (Fsp3) is 0.520. The van der Waals surface area contributed by atoms with E-state index < -0.39 is 0 Å². The van der Waals surface area contributed by atoms with E-state index in [1.54, 1.807) is 0 Å². The molecule has 1 aliphatic carbocycles. The minimum absolute atomic E-state index is 0.183. The molecule has 5 heteroatoms. The summed E-state index contributed by atoms with van der Waals surface area (Å²) >= 11 is 0. The van der Waals surface area contributed by atoms with Gasteiger partial charge in [0, 0.05) is 38.4 Å². The number of carbonyl (C=O) groups excluding carboxylic acids is 1. The van der Waals surface area contributed by atoms with Crippen LogP contribution in [0.5, 0.6) is 0 Å². The van der Waals surface area contributed by atoms with Crippen LogP contribution in [0.3, 0.4) is 0 Å². The van der Waals surface area contributed by atoms with E-state index in [2.05, 4.69) is 50.4 Å². The predicted molar refractivity (Wildman–Crippen MR) is 120 cm³/mol. The fourth-order valence-electron chi connectivity index (χ4n) is 5.29. The number of piperidine rings is 1. The van der Waals surface area contributed by atoms with E-state index in [1.165, 1.54) is 29.5 Å². The van der Waals surface area contributed by atoms with Crippen molar-refractivity contribution < 1.29 is 4.79 Å². The van der Waals surface area contributed by atoms with Crippen LogP contribution in [-0.2, 0) is 16.8 Å². The molecular weight excluding hydrogens is 372 g/mol. The summed E-state index contributed by atoms with van der Waals surface area (Å²) in [6.45, 7) is 4.78. The Balaban J connectivity index is 1.39. The Bertz CT molecular complexity index is 843. The molecule has 1 N–H and O–H groups in total. The van der Waals surface area contributed by atoms with Gasteiger partial charge in [0.05, 0.1) is 0 Å². The lowest BCUT2D eigenvalue weighted by molar-refractivity contribution is -0.121. The number of fused-ring (bicyclic) bond motifs is 2. The van der Waals surface area contributed by atoms with Gasteiger partial charge in [-0.1, -0.05) is 30.3 Å². The maximum absolute atomic E-state index is 12.6. The molecule has 1 aliphatic heterocycles. The number of nitrogens with one attached hydrogen (secondary N) is 1. The summed E-state index contributed by atoms with van der Waals surface area (Å²) in [5, 5.41) is 3.10. The molecule has 4 rings (SSSR count). The number of amides is 1. The van der Waals surface area contributed by atoms with Gasteiger partial charge in [-0.05, 0) is 80.5 Å². The summed E-state index contributed by atoms with van der Waals surface area (Å²) in [4.78, 5) is 21.5. The van der Waals surface area contributed by atoms with Gasteiger partial charge in [0.15, 0.2) is 0 Å². The standard InChI is InChI=1S/C25H34N4O/c1-28(2)15-12-27-24(30)16-21-17-25(23-8-4-3-7-22(21)23)9-13-29(14-10-25)19-20-6-5-11-26-18-20/h3-8,11,18,21H,9-10,12-17,19H2,1-2H3,(H,27,30). The van der Waals surface area contributed by atoms with Gasteiger partial charge >= 0.3 is 0 Å². The maximum Gasteiger partial charge on any atom is 0.220 e. The van der Waals surface area contributed by atoms with E-state index in [9.17, 15) is 4.79 Å². The summed E-state index contributed by atoms with van der Waals surface area (Å²) in [5.41, 5.74) is 4.42. The number of hydrogen-bond acceptors (Lipinski definition) is 4. The van der Waals surface area contributed by atoms with Crippen molar-refractivity contribution in [1.29, 1.82) is 0 Å². The average Bonchev–Trinajstić information content (AvgIpc) is 3.04. The zero-order valence-electron chi connectivity index (χ0n) is 18.3. The molecule has 0 saturated carbocycles. The Kier molecular flexibility index (Phi) is 6.49. The molecule has 0 bridgehead atoms. The average molecular weight is 407 g/mol. The van der Waals surface area contributed by atoms with E-state index in [0.717, 1.165) is 32.6 Å². The summed E-state index contributed by atoms with van der Waals surface area (Å²) in [6.07, 6.45) is 7.85. The van der Waals surface area contributed by atoms with E-state index in [0.29, 0.717) is 18.9 Å². The molecule has 1 aromatic carbocycles. The summed E-state index contributed by atoms with van der Waals surface area (Å²) < 4.78 is 0. The Morgan fingerprint density at radius 3 is 2.73 bits per heavy atom. The van der Waals surface area contributed by atoms with Crippen molar-refractivity contribution in [1.82, 2.24) is 20.1 Å². The number of hydrogen-bond donors (Lipinski definition) is 1. The Morgan fingerprint density at radius 1 is 1.20 bits per heavy atom. The molecule has 30 heavy (non-hydrogen) atoms. The zero-order chi connectivity index (χ0) is 21.0. The van der Waals surface area contributed by atoms with Crippen molar-refractivity contribution in [3.05, 3.63) is 65.5 Å². The van der Waals surface area contributed by atoms with Crippen molar-refractivity contribution in [2.75, 3.05) is 40.3 Å². The lowest BCUT2D eigenvalue weighted by atomic mass is 9.73. The first kappa shape index (κ1) is 21.0. The maximum atomic E-state index is 12.6. The van der Waals surface area contributed by atoms with Crippen LogP contribution < -0.4 is 5.32 Å². The third kappa shape index (κ3) is 4.73. The van der Waals surface area contributed by atoms with Crippen LogP contribution in [-0.4, -0.2) is 61.0 Å². The smallest absolute Gasteiger partial charge is 0.220 e. The molecule has 5 nitrogen and oxygen atoms in total. The second-order valence-corrected chi connectivity index (χ2v) is 9.26. The van der Waals surface area contributed by atoms with Crippen LogP contribution in [0, 0.1) is 0 Å². The third-order valence-corrected chi connectivity index (χ3v) is 6.86. The fourth-order valence-corrected chi connectivity index (χ4v) is 5.29. The lowest BCUT2D eigenvalue weighted by Gasteiger charge is -2.40. The van der Waals surface area contributed by atoms with Crippen molar-refractivity contribution >= 4 is 5.91 Å². The van der Waals surface area contributed by atoms with E-state index >= 15 is 0 Å². The van der Waals surface area contributed by atoms with E-state index in [4.69, 9.17) is 0 Å². The van der Waals surface area contributed by atoms with Crippen LogP contribution >= 0.6 is 0 Å². The Labute approximate surface area is 180 Å². The molecule has 1 aromatic heterocycles. The van der Waals surface area contributed by atoms with Crippen molar-refractivity contribution in [3.8, 4) is 0 Å². The number of pyridine rings is 1. The second kappa shape index (κ2) is 9.27. The molecule has 2 aliphatic rings. The molecular formula is C25H34N4O. The van der Waals surface area contributed by atoms with Crippen LogP contribution in [0.1, 0.15) is 48.3 Å². The molecule has 2 aromatic rings. The molecule has 160 valence electrons. The summed E-state index contributed by atoms with van der Waals surface area (Å²) in [7, 11) is 4.06. The highest BCUT2D eigenvalue weighted by molar-refractivity contribution is 5.77.